The smallest absolute Gasteiger partial charge is 0.0495 e. The summed E-state index contributed by atoms with van der Waals surface area (Å²) in [6.45, 7) is 5.68. The maximum Gasteiger partial charge on any atom is 0.0495 e. The Labute approximate surface area is 107 Å². The molecule has 0 N–H and O–H groups in total. The molecule has 1 fully saturated rings. The van der Waals surface area contributed by atoms with Crippen molar-refractivity contribution in [1.82, 2.24) is 0 Å². The molecule has 0 radical (unpaired) electrons. The number of hydrogen-bond donors (Lipinski definition) is 0. The number of halogens is 2. The van der Waals surface area contributed by atoms with E-state index in [0.717, 1.165) is 17.1 Å². The van der Waals surface area contributed by atoms with Crippen LogP contribution in [0, 0.1) is 0 Å². The lowest BCUT2D eigenvalue weighted by Crippen LogP contribution is -2.38. The van der Waals surface area contributed by atoms with Crippen molar-refractivity contribution in [3.8, 4) is 0 Å². The summed E-state index contributed by atoms with van der Waals surface area (Å²) in [7, 11) is 0. The summed E-state index contributed by atoms with van der Waals surface area (Å²) in [4.78, 5) is 2.45. The van der Waals surface area contributed by atoms with E-state index in [0.29, 0.717) is 5.88 Å². The monoisotopic (exact) mass is 257 g/mol. The molecule has 0 saturated carbocycles. The zero-order valence-electron chi connectivity index (χ0n) is 9.76. The minimum atomic E-state index is 0.231. The predicted molar refractivity (Wildman–Crippen MR) is 71.7 cm³/mol. The molecule has 0 atom stereocenters. The van der Waals surface area contributed by atoms with Crippen LogP contribution in [-0.4, -0.2) is 12.1 Å². The quantitative estimate of drug-likeness (QED) is 0.708. The van der Waals surface area contributed by atoms with Gasteiger partial charge in [-0.15, -0.1) is 11.6 Å². The number of anilines is 1. The van der Waals surface area contributed by atoms with E-state index in [1.807, 2.05) is 12.1 Å². The van der Waals surface area contributed by atoms with Crippen molar-refractivity contribution in [2.75, 3.05) is 11.4 Å². The summed E-state index contributed by atoms with van der Waals surface area (Å²) >= 11 is 12.0. The summed E-state index contributed by atoms with van der Waals surface area (Å²) in [6.07, 6.45) is 2.48. The molecule has 0 bridgehead atoms. The van der Waals surface area contributed by atoms with Gasteiger partial charge in [0, 0.05) is 28.7 Å². The van der Waals surface area contributed by atoms with Gasteiger partial charge in [0.25, 0.3) is 0 Å². The molecule has 1 heterocycles. The summed E-state index contributed by atoms with van der Waals surface area (Å²) in [5.74, 6) is 0.516. The van der Waals surface area contributed by atoms with Gasteiger partial charge in [0.05, 0.1) is 0 Å². The fourth-order valence-electron chi connectivity index (χ4n) is 2.48. The molecule has 0 unspecified atom stereocenters. The van der Waals surface area contributed by atoms with E-state index in [4.69, 9.17) is 23.2 Å². The summed E-state index contributed by atoms with van der Waals surface area (Å²) in [6, 6.07) is 6.01. The lowest BCUT2D eigenvalue weighted by atomic mass is 10.0. The van der Waals surface area contributed by atoms with E-state index >= 15 is 0 Å². The van der Waals surface area contributed by atoms with Crippen molar-refractivity contribution < 1.29 is 0 Å². The molecule has 1 saturated heterocycles. The first-order valence-corrected chi connectivity index (χ1v) is 6.58. The topological polar surface area (TPSA) is 3.24 Å². The molecule has 16 heavy (non-hydrogen) atoms. The fraction of sp³-hybridized carbons (Fsp3) is 0.538. The maximum atomic E-state index is 6.00. The molecule has 88 valence electrons. The second-order valence-electron chi connectivity index (χ2n) is 4.97. The van der Waals surface area contributed by atoms with Gasteiger partial charge in [-0.2, -0.15) is 0 Å². The SMILES string of the molecule is CC1(C)CCCN1c1ccc(Cl)cc1CCl. The predicted octanol–water partition coefficient (Wildman–Crippen LogP) is 4.46. The molecule has 0 aliphatic carbocycles. The normalized spacial score (nSPS) is 19.1. The van der Waals surface area contributed by atoms with Crippen LogP contribution in [0.15, 0.2) is 18.2 Å². The van der Waals surface area contributed by atoms with E-state index in [1.54, 1.807) is 0 Å². The minimum absolute atomic E-state index is 0.231. The first kappa shape index (κ1) is 12.1. The van der Waals surface area contributed by atoms with Gasteiger partial charge in [-0.25, -0.2) is 0 Å². The van der Waals surface area contributed by atoms with Crippen molar-refractivity contribution in [2.45, 2.75) is 38.1 Å². The molecule has 0 aromatic heterocycles. The van der Waals surface area contributed by atoms with E-state index in [1.165, 1.54) is 18.5 Å². The van der Waals surface area contributed by atoms with Gasteiger partial charge in [0.1, 0.15) is 0 Å². The van der Waals surface area contributed by atoms with Gasteiger partial charge in [-0.1, -0.05) is 11.6 Å². The van der Waals surface area contributed by atoms with Crippen LogP contribution in [0.2, 0.25) is 5.02 Å². The molecular formula is C13H17Cl2N. The molecule has 0 spiro atoms. The number of nitrogens with zero attached hydrogens (tertiary/aromatic N) is 1. The third kappa shape index (κ3) is 2.16. The third-order valence-corrected chi connectivity index (χ3v) is 3.90. The van der Waals surface area contributed by atoms with Crippen molar-refractivity contribution >= 4 is 28.9 Å². The van der Waals surface area contributed by atoms with Crippen LogP contribution in [-0.2, 0) is 5.88 Å². The van der Waals surface area contributed by atoms with Crippen molar-refractivity contribution in [2.24, 2.45) is 0 Å². The largest absolute Gasteiger partial charge is 0.366 e. The molecule has 1 aromatic carbocycles. The van der Waals surface area contributed by atoms with Crippen LogP contribution >= 0.6 is 23.2 Å². The third-order valence-electron chi connectivity index (χ3n) is 3.38. The van der Waals surface area contributed by atoms with Gasteiger partial charge in [-0.05, 0) is 50.5 Å². The molecule has 1 nitrogen and oxygen atoms in total. The maximum absolute atomic E-state index is 6.00. The molecule has 0 amide bonds. The Hall–Kier alpha value is -0.400. The molecule has 1 aliphatic heterocycles. The number of benzene rings is 1. The second-order valence-corrected chi connectivity index (χ2v) is 5.68. The van der Waals surface area contributed by atoms with Gasteiger partial charge in [0.15, 0.2) is 0 Å². The van der Waals surface area contributed by atoms with Crippen LogP contribution in [0.25, 0.3) is 0 Å². The van der Waals surface area contributed by atoms with Gasteiger partial charge in [-0.3, -0.25) is 0 Å². The molecular weight excluding hydrogens is 241 g/mol. The van der Waals surface area contributed by atoms with Gasteiger partial charge < -0.3 is 4.90 Å². The zero-order chi connectivity index (χ0) is 11.8. The minimum Gasteiger partial charge on any atom is -0.366 e. The molecule has 1 aromatic rings. The first-order chi connectivity index (χ1) is 7.54. The first-order valence-electron chi connectivity index (χ1n) is 5.66. The molecule has 1 aliphatic rings. The van der Waals surface area contributed by atoms with Crippen LogP contribution in [0.5, 0.6) is 0 Å². The standard InChI is InChI=1S/C13H17Cl2N/c1-13(2)6-3-7-16(13)12-5-4-11(15)8-10(12)9-14/h4-5,8H,3,6-7,9H2,1-2H3. The second kappa shape index (κ2) is 4.46. The Morgan fingerprint density at radius 1 is 1.38 bits per heavy atom. The Balaban J connectivity index is 2.40. The highest BCUT2D eigenvalue weighted by molar-refractivity contribution is 6.30. The van der Waals surface area contributed by atoms with Crippen molar-refractivity contribution in [3.63, 3.8) is 0 Å². The van der Waals surface area contributed by atoms with Gasteiger partial charge >= 0.3 is 0 Å². The van der Waals surface area contributed by atoms with Crippen LogP contribution in [0.4, 0.5) is 5.69 Å². The van der Waals surface area contributed by atoms with E-state index in [-0.39, 0.29) is 5.54 Å². The summed E-state index contributed by atoms with van der Waals surface area (Å²) < 4.78 is 0. The Bertz CT molecular complexity index is 388. The fourth-order valence-corrected chi connectivity index (χ4v) is 2.89. The van der Waals surface area contributed by atoms with Crippen molar-refractivity contribution in [3.05, 3.63) is 28.8 Å². The van der Waals surface area contributed by atoms with Crippen LogP contribution in [0.3, 0.4) is 0 Å². The number of rotatable bonds is 2. The highest BCUT2D eigenvalue weighted by Gasteiger charge is 2.32. The van der Waals surface area contributed by atoms with E-state index in [2.05, 4.69) is 24.8 Å². The lowest BCUT2D eigenvalue weighted by Gasteiger charge is -2.35. The highest BCUT2D eigenvalue weighted by Crippen LogP contribution is 2.36. The van der Waals surface area contributed by atoms with Crippen LogP contribution in [0.1, 0.15) is 32.3 Å². The Kier molecular flexibility index (Phi) is 3.37. The highest BCUT2D eigenvalue weighted by atomic mass is 35.5. The molecule has 3 heteroatoms. The number of hydrogen-bond acceptors (Lipinski definition) is 1. The Morgan fingerprint density at radius 2 is 2.12 bits per heavy atom. The zero-order valence-corrected chi connectivity index (χ0v) is 11.3. The van der Waals surface area contributed by atoms with E-state index in [9.17, 15) is 0 Å². The average molecular weight is 258 g/mol. The summed E-state index contributed by atoms with van der Waals surface area (Å²) in [5, 5.41) is 0.761. The number of alkyl halides is 1. The van der Waals surface area contributed by atoms with Crippen molar-refractivity contribution in [1.29, 1.82) is 0 Å². The van der Waals surface area contributed by atoms with E-state index < -0.39 is 0 Å². The summed E-state index contributed by atoms with van der Waals surface area (Å²) in [5.41, 5.74) is 2.60. The van der Waals surface area contributed by atoms with Crippen LogP contribution < -0.4 is 4.90 Å². The van der Waals surface area contributed by atoms with Gasteiger partial charge in [0.2, 0.25) is 0 Å². The average Bonchev–Trinajstić information content (AvgIpc) is 2.58. The Morgan fingerprint density at radius 3 is 2.69 bits per heavy atom. The molecule has 2 rings (SSSR count). The lowest BCUT2D eigenvalue weighted by molar-refractivity contribution is 0.517.